The number of ether oxygens (including phenoxy) is 3. The molecule has 1 aliphatic heterocycles. The lowest BCUT2D eigenvalue weighted by molar-refractivity contribution is -0.244. The second kappa shape index (κ2) is 7.84. The van der Waals surface area contributed by atoms with E-state index in [9.17, 15) is 15.3 Å². The van der Waals surface area contributed by atoms with Crippen LogP contribution in [0.2, 0.25) is 0 Å². The summed E-state index contributed by atoms with van der Waals surface area (Å²) in [5.74, 6) is 1.31. The maximum absolute atomic E-state index is 9.94. The fraction of sp³-hybridized carbons (Fsp3) is 0.368. The van der Waals surface area contributed by atoms with Gasteiger partial charge in [-0.05, 0) is 41.8 Å². The lowest BCUT2D eigenvalue weighted by Gasteiger charge is -2.35. The molecule has 0 aromatic heterocycles. The molecule has 25 heavy (non-hydrogen) atoms. The minimum atomic E-state index is -1.28. The summed E-state index contributed by atoms with van der Waals surface area (Å²) in [7, 11) is 1.64. The van der Waals surface area contributed by atoms with E-state index in [0.717, 1.165) is 23.3 Å². The fourth-order valence-electron chi connectivity index (χ4n) is 2.73. The molecule has 1 fully saturated rings. The van der Waals surface area contributed by atoms with Gasteiger partial charge in [0.25, 0.3) is 0 Å². The maximum Gasteiger partial charge on any atom is 0.195 e. The number of hydrogen-bond donors (Lipinski definition) is 3. The van der Waals surface area contributed by atoms with Gasteiger partial charge in [-0.15, -0.1) is 0 Å². The molecule has 6 heteroatoms. The number of methoxy groups -OCH3 is 1. The summed E-state index contributed by atoms with van der Waals surface area (Å²) < 4.78 is 15.7. The van der Waals surface area contributed by atoms with Crippen LogP contribution >= 0.6 is 0 Å². The van der Waals surface area contributed by atoms with E-state index in [1.165, 1.54) is 0 Å². The topological polar surface area (TPSA) is 88.4 Å². The Labute approximate surface area is 146 Å². The third kappa shape index (κ3) is 4.29. The second-order valence-electron chi connectivity index (χ2n) is 6.03. The van der Waals surface area contributed by atoms with Crippen LogP contribution in [0, 0.1) is 0 Å². The van der Waals surface area contributed by atoms with Crippen molar-refractivity contribution in [3.05, 3.63) is 59.7 Å². The van der Waals surface area contributed by atoms with Gasteiger partial charge in [0, 0.05) is 0 Å². The average molecular weight is 346 g/mol. The first-order chi connectivity index (χ1) is 12.1. The van der Waals surface area contributed by atoms with Crippen LogP contribution in [-0.4, -0.2) is 53.6 Å². The molecule has 4 atom stereocenters. The van der Waals surface area contributed by atoms with Gasteiger partial charge in [-0.2, -0.15) is 0 Å². The molecule has 0 aliphatic carbocycles. The first kappa shape index (κ1) is 17.7. The number of hydrogen-bond acceptors (Lipinski definition) is 6. The van der Waals surface area contributed by atoms with Gasteiger partial charge in [0.05, 0.1) is 13.7 Å². The minimum absolute atomic E-state index is 0.122. The number of benzene rings is 2. The minimum Gasteiger partial charge on any atom is -0.497 e. The molecule has 0 amide bonds. The van der Waals surface area contributed by atoms with Crippen LogP contribution in [0.25, 0.3) is 0 Å². The molecule has 2 aromatic carbocycles. The van der Waals surface area contributed by atoms with Crippen LogP contribution in [0.1, 0.15) is 11.1 Å². The predicted octanol–water partition coefficient (Wildman–Crippen LogP) is 1.10. The van der Waals surface area contributed by atoms with Crippen molar-refractivity contribution in [2.24, 2.45) is 0 Å². The SMILES string of the molecule is COc1ccc(Cc2ccc(O[C@@H]3[C@@H](O)[C@H](O)CO[C@H]3O)cc2)cc1. The van der Waals surface area contributed by atoms with Gasteiger partial charge >= 0.3 is 0 Å². The Morgan fingerprint density at radius 1 is 0.920 bits per heavy atom. The zero-order valence-corrected chi connectivity index (χ0v) is 13.9. The second-order valence-corrected chi connectivity index (χ2v) is 6.03. The van der Waals surface area contributed by atoms with E-state index in [1.807, 2.05) is 36.4 Å². The maximum atomic E-state index is 9.94. The fourth-order valence-corrected chi connectivity index (χ4v) is 2.73. The number of rotatable bonds is 5. The van der Waals surface area contributed by atoms with E-state index in [0.29, 0.717) is 5.75 Å². The molecule has 0 spiro atoms. The summed E-state index contributed by atoms with van der Waals surface area (Å²) in [6.07, 6.45) is -3.83. The number of aliphatic hydroxyl groups is 3. The van der Waals surface area contributed by atoms with Gasteiger partial charge in [-0.1, -0.05) is 24.3 Å². The molecule has 3 rings (SSSR count). The largest absolute Gasteiger partial charge is 0.497 e. The molecule has 1 saturated heterocycles. The zero-order chi connectivity index (χ0) is 17.8. The van der Waals surface area contributed by atoms with Crippen molar-refractivity contribution in [3.63, 3.8) is 0 Å². The van der Waals surface area contributed by atoms with Crippen LogP contribution in [0.5, 0.6) is 11.5 Å². The monoisotopic (exact) mass is 346 g/mol. The van der Waals surface area contributed by atoms with Crippen LogP contribution in [-0.2, 0) is 11.2 Å². The van der Waals surface area contributed by atoms with Crippen molar-refractivity contribution in [1.82, 2.24) is 0 Å². The lowest BCUT2D eigenvalue weighted by Crippen LogP contribution is -2.55. The highest BCUT2D eigenvalue weighted by atomic mass is 16.6. The Hall–Kier alpha value is -2.12. The van der Waals surface area contributed by atoms with Crippen LogP contribution < -0.4 is 9.47 Å². The van der Waals surface area contributed by atoms with Gasteiger partial charge < -0.3 is 29.5 Å². The summed E-state index contributed by atoms with van der Waals surface area (Å²) in [5, 5.41) is 29.3. The third-order valence-electron chi connectivity index (χ3n) is 4.21. The summed E-state index contributed by atoms with van der Waals surface area (Å²) >= 11 is 0. The molecule has 0 bridgehead atoms. The highest BCUT2D eigenvalue weighted by molar-refractivity contribution is 5.34. The Morgan fingerprint density at radius 2 is 1.48 bits per heavy atom. The molecule has 3 N–H and O–H groups in total. The van der Waals surface area contributed by atoms with Gasteiger partial charge in [-0.3, -0.25) is 0 Å². The first-order valence-electron chi connectivity index (χ1n) is 8.11. The summed E-state index contributed by atoms with van der Waals surface area (Å²) in [6.45, 7) is -0.122. The molecule has 0 saturated carbocycles. The van der Waals surface area contributed by atoms with Crippen molar-refractivity contribution in [3.8, 4) is 11.5 Å². The van der Waals surface area contributed by atoms with E-state index < -0.39 is 24.6 Å². The third-order valence-corrected chi connectivity index (χ3v) is 4.21. The van der Waals surface area contributed by atoms with Crippen molar-refractivity contribution < 1.29 is 29.5 Å². The Morgan fingerprint density at radius 3 is 2.04 bits per heavy atom. The van der Waals surface area contributed by atoms with E-state index in [1.54, 1.807) is 19.2 Å². The molecule has 2 aromatic rings. The molecule has 0 unspecified atom stereocenters. The van der Waals surface area contributed by atoms with Gasteiger partial charge in [0.15, 0.2) is 12.4 Å². The van der Waals surface area contributed by atoms with Gasteiger partial charge in [-0.25, -0.2) is 0 Å². The highest BCUT2D eigenvalue weighted by Crippen LogP contribution is 2.22. The van der Waals surface area contributed by atoms with Gasteiger partial charge in [0.2, 0.25) is 0 Å². The Kier molecular flexibility index (Phi) is 5.55. The van der Waals surface area contributed by atoms with E-state index >= 15 is 0 Å². The lowest BCUT2D eigenvalue weighted by atomic mass is 10.0. The summed E-state index contributed by atoms with van der Waals surface area (Å²) in [5.41, 5.74) is 2.25. The molecule has 1 aliphatic rings. The predicted molar refractivity (Wildman–Crippen MR) is 90.6 cm³/mol. The Bertz CT molecular complexity index is 669. The Balaban J connectivity index is 1.63. The standard InChI is InChI=1S/C19H22O6/c1-23-14-6-2-12(3-7-14)10-13-4-8-15(9-5-13)25-18-17(21)16(20)11-24-19(18)22/h2-9,16-22H,10-11H2,1H3/t16-,17+,18-,19-/m1/s1. The van der Waals surface area contributed by atoms with E-state index in [-0.39, 0.29) is 6.61 Å². The smallest absolute Gasteiger partial charge is 0.195 e. The average Bonchev–Trinajstić information content (AvgIpc) is 2.64. The molecule has 1 heterocycles. The van der Waals surface area contributed by atoms with Crippen molar-refractivity contribution >= 4 is 0 Å². The van der Waals surface area contributed by atoms with Gasteiger partial charge in [0.1, 0.15) is 23.7 Å². The highest BCUT2D eigenvalue weighted by Gasteiger charge is 2.39. The van der Waals surface area contributed by atoms with Crippen LogP contribution in [0.3, 0.4) is 0 Å². The molecule has 0 radical (unpaired) electrons. The van der Waals surface area contributed by atoms with E-state index in [2.05, 4.69) is 0 Å². The normalized spacial score (nSPS) is 26.2. The van der Waals surface area contributed by atoms with Crippen molar-refractivity contribution in [1.29, 1.82) is 0 Å². The van der Waals surface area contributed by atoms with Crippen LogP contribution in [0.4, 0.5) is 0 Å². The van der Waals surface area contributed by atoms with Crippen LogP contribution in [0.15, 0.2) is 48.5 Å². The molecule has 6 nitrogen and oxygen atoms in total. The molecular weight excluding hydrogens is 324 g/mol. The molecule has 134 valence electrons. The summed E-state index contributed by atoms with van der Waals surface area (Å²) in [4.78, 5) is 0. The first-order valence-corrected chi connectivity index (χ1v) is 8.11. The van der Waals surface area contributed by atoms with E-state index in [4.69, 9.17) is 14.2 Å². The molecular formula is C19H22O6. The quantitative estimate of drug-likeness (QED) is 0.752. The van der Waals surface area contributed by atoms with Crippen molar-refractivity contribution in [2.75, 3.05) is 13.7 Å². The zero-order valence-electron chi connectivity index (χ0n) is 13.9. The summed E-state index contributed by atoms with van der Waals surface area (Å²) in [6, 6.07) is 15.2. The number of aliphatic hydroxyl groups excluding tert-OH is 3. The van der Waals surface area contributed by atoms with Crippen molar-refractivity contribution in [2.45, 2.75) is 31.0 Å².